The molecule has 7 nitrogen and oxygen atoms in total. The van der Waals surface area contributed by atoms with Crippen molar-refractivity contribution in [2.24, 2.45) is 5.41 Å². The van der Waals surface area contributed by atoms with Crippen LogP contribution in [0.1, 0.15) is 32.6 Å². The first kappa shape index (κ1) is 20.6. The molecule has 2 amide bonds. The fourth-order valence-corrected chi connectivity index (χ4v) is 4.37. The number of nitrogens with one attached hydrogen (secondary N) is 1. The SMILES string of the molecule is CCC(=O)Nc1cccc(OCC(=O)N2CCC3(CC2)CC(O)CN(C)C3)c1. The van der Waals surface area contributed by atoms with E-state index in [1.807, 2.05) is 11.9 Å². The number of hydrogen-bond acceptors (Lipinski definition) is 5. The second-order valence-corrected chi connectivity index (χ2v) is 8.15. The van der Waals surface area contributed by atoms with E-state index in [0.717, 1.165) is 32.4 Å². The molecule has 2 heterocycles. The highest BCUT2D eigenvalue weighted by atomic mass is 16.5. The molecule has 0 radical (unpaired) electrons. The van der Waals surface area contributed by atoms with Crippen molar-refractivity contribution in [3.8, 4) is 5.75 Å². The van der Waals surface area contributed by atoms with E-state index in [-0.39, 0.29) is 29.9 Å². The predicted octanol–water partition coefficient (Wildman–Crippen LogP) is 1.72. The molecule has 154 valence electrons. The molecule has 2 aliphatic heterocycles. The summed E-state index contributed by atoms with van der Waals surface area (Å²) in [4.78, 5) is 28.1. The van der Waals surface area contributed by atoms with Gasteiger partial charge in [-0.3, -0.25) is 9.59 Å². The molecule has 2 saturated heterocycles. The number of benzene rings is 1. The average molecular weight is 389 g/mol. The van der Waals surface area contributed by atoms with Crippen molar-refractivity contribution < 1.29 is 19.4 Å². The summed E-state index contributed by atoms with van der Waals surface area (Å²) in [7, 11) is 2.05. The fourth-order valence-electron chi connectivity index (χ4n) is 4.37. The van der Waals surface area contributed by atoms with Crippen molar-refractivity contribution in [2.45, 2.75) is 38.7 Å². The maximum absolute atomic E-state index is 12.6. The van der Waals surface area contributed by atoms with Crippen molar-refractivity contribution in [1.29, 1.82) is 0 Å². The molecule has 1 aromatic carbocycles. The first-order chi connectivity index (χ1) is 13.4. The molecule has 7 heteroatoms. The minimum absolute atomic E-state index is 0.0132. The van der Waals surface area contributed by atoms with Gasteiger partial charge in [0, 0.05) is 44.4 Å². The normalized spacial score (nSPS) is 22.1. The molecule has 0 aromatic heterocycles. The Morgan fingerprint density at radius 3 is 2.75 bits per heavy atom. The monoisotopic (exact) mass is 389 g/mol. The van der Waals surface area contributed by atoms with Gasteiger partial charge in [-0.05, 0) is 43.9 Å². The van der Waals surface area contributed by atoms with E-state index in [1.165, 1.54) is 0 Å². The van der Waals surface area contributed by atoms with Gasteiger partial charge in [0.15, 0.2) is 6.61 Å². The van der Waals surface area contributed by atoms with Crippen LogP contribution in [0.3, 0.4) is 0 Å². The van der Waals surface area contributed by atoms with Crippen molar-refractivity contribution >= 4 is 17.5 Å². The van der Waals surface area contributed by atoms with Crippen LogP contribution in [0.4, 0.5) is 5.69 Å². The Morgan fingerprint density at radius 1 is 1.32 bits per heavy atom. The molecule has 1 unspecified atom stereocenters. The molecule has 28 heavy (non-hydrogen) atoms. The lowest BCUT2D eigenvalue weighted by molar-refractivity contribution is -0.137. The van der Waals surface area contributed by atoms with Gasteiger partial charge in [-0.2, -0.15) is 0 Å². The van der Waals surface area contributed by atoms with E-state index in [9.17, 15) is 14.7 Å². The van der Waals surface area contributed by atoms with Gasteiger partial charge in [-0.25, -0.2) is 0 Å². The molecule has 0 bridgehead atoms. The second-order valence-electron chi connectivity index (χ2n) is 8.15. The number of hydrogen-bond donors (Lipinski definition) is 2. The van der Waals surface area contributed by atoms with Crippen LogP contribution >= 0.6 is 0 Å². The van der Waals surface area contributed by atoms with Gasteiger partial charge in [0.1, 0.15) is 5.75 Å². The Bertz CT molecular complexity index is 689. The van der Waals surface area contributed by atoms with Gasteiger partial charge >= 0.3 is 0 Å². The highest BCUT2D eigenvalue weighted by Gasteiger charge is 2.41. The summed E-state index contributed by atoms with van der Waals surface area (Å²) < 4.78 is 5.66. The van der Waals surface area contributed by atoms with Crippen LogP contribution in [0.5, 0.6) is 5.75 Å². The lowest BCUT2D eigenvalue weighted by Gasteiger charge is -2.48. The number of aliphatic hydroxyl groups excluding tert-OH is 1. The Morgan fingerprint density at radius 2 is 2.07 bits per heavy atom. The van der Waals surface area contributed by atoms with Crippen LogP contribution in [0.25, 0.3) is 0 Å². The number of amides is 2. The van der Waals surface area contributed by atoms with Gasteiger partial charge in [0.05, 0.1) is 6.10 Å². The zero-order valence-corrected chi connectivity index (χ0v) is 16.8. The number of anilines is 1. The van der Waals surface area contributed by atoms with E-state index in [0.29, 0.717) is 30.9 Å². The highest BCUT2D eigenvalue weighted by Crippen LogP contribution is 2.39. The first-order valence-electron chi connectivity index (χ1n) is 10.1. The Hall–Kier alpha value is -2.12. The van der Waals surface area contributed by atoms with Crippen molar-refractivity contribution in [1.82, 2.24) is 9.80 Å². The molecule has 3 rings (SSSR count). The predicted molar refractivity (Wildman–Crippen MR) is 107 cm³/mol. The zero-order valence-electron chi connectivity index (χ0n) is 16.8. The molecular formula is C21H31N3O4. The summed E-state index contributed by atoms with van der Waals surface area (Å²) in [6.07, 6.45) is 2.79. The number of piperidine rings is 2. The van der Waals surface area contributed by atoms with Crippen LogP contribution < -0.4 is 10.1 Å². The van der Waals surface area contributed by atoms with E-state index in [4.69, 9.17) is 4.74 Å². The van der Waals surface area contributed by atoms with Gasteiger partial charge in [-0.15, -0.1) is 0 Å². The number of ether oxygens (including phenoxy) is 1. The summed E-state index contributed by atoms with van der Waals surface area (Å²) in [5.41, 5.74) is 0.785. The van der Waals surface area contributed by atoms with E-state index in [2.05, 4.69) is 10.2 Å². The molecule has 2 aliphatic rings. The quantitative estimate of drug-likeness (QED) is 0.801. The van der Waals surface area contributed by atoms with Crippen LogP contribution in [0, 0.1) is 5.41 Å². The number of carbonyl (C=O) groups excluding carboxylic acids is 2. The summed E-state index contributed by atoms with van der Waals surface area (Å²) >= 11 is 0. The standard InChI is InChI=1S/C21H31N3O4/c1-3-19(26)22-16-5-4-6-18(11-16)28-14-20(27)24-9-7-21(8-10-24)12-17(25)13-23(2)15-21/h4-6,11,17,25H,3,7-10,12-15H2,1-2H3,(H,22,26). The summed E-state index contributed by atoms with van der Waals surface area (Å²) in [6.45, 7) is 4.91. The van der Waals surface area contributed by atoms with Gasteiger partial charge in [0.25, 0.3) is 5.91 Å². The van der Waals surface area contributed by atoms with E-state index < -0.39 is 0 Å². The fraction of sp³-hybridized carbons (Fsp3) is 0.619. The van der Waals surface area contributed by atoms with Crippen LogP contribution in [-0.2, 0) is 9.59 Å². The van der Waals surface area contributed by atoms with Crippen LogP contribution in [0.2, 0.25) is 0 Å². The van der Waals surface area contributed by atoms with Crippen molar-refractivity contribution in [3.63, 3.8) is 0 Å². The van der Waals surface area contributed by atoms with Gasteiger partial charge in [-0.1, -0.05) is 13.0 Å². The summed E-state index contributed by atoms with van der Waals surface area (Å²) in [6, 6.07) is 7.09. The van der Waals surface area contributed by atoms with Crippen LogP contribution in [0.15, 0.2) is 24.3 Å². The Balaban J connectivity index is 1.49. The number of aliphatic hydroxyl groups is 1. The smallest absolute Gasteiger partial charge is 0.260 e. The zero-order chi connectivity index (χ0) is 20.1. The first-order valence-corrected chi connectivity index (χ1v) is 10.1. The third-order valence-corrected chi connectivity index (χ3v) is 5.77. The topological polar surface area (TPSA) is 82.1 Å². The number of likely N-dealkylation sites (N-methyl/N-ethyl adjacent to an activating group) is 1. The number of carbonyl (C=O) groups is 2. The molecule has 0 aliphatic carbocycles. The molecule has 1 spiro atoms. The maximum Gasteiger partial charge on any atom is 0.260 e. The number of likely N-dealkylation sites (tertiary alicyclic amines) is 2. The molecular weight excluding hydrogens is 358 g/mol. The van der Waals surface area contributed by atoms with Crippen LogP contribution in [-0.4, -0.2) is 72.7 Å². The second kappa shape index (κ2) is 8.92. The van der Waals surface area contributed by atoms with Crippen molar-refractivity contribution in [3.05, 3.63) is 24.3 Å². The van der Waals surface area contributed by atoms with Gasteiger partial charge in [0.2, 0.25) is 5.91 Å². The summed E-state index contributed by atoms with van der Waals surface area (Å²) in [5.74, 6) is 0.476. The number of nitrogens with zero attached hydrogens (tertiary/aromatic N) is 2. The Labute approximate surface area is 166 Å². The molecule has 2 N–H and O–H groups in total. The number of β-amino-alcohol motifs (C(OH)–C–C–N with tert-alkyl or cyclic N) is 1. The minimum Gasteiger partial charge on any atom is -0.484 e. The van der Waals surface area contributed by atoms with Gasteiger partial charge < -0.3 is 25.0 Å². The highest BCUT2D eigenvalue weighted by molar-refractivity contribution is 5.90. The average Bonchev–Trinajstić information content (AvgIpc) is 2.66. The number of rotatable bonds is 5. The van der Waals surface area contributed by atoms with E-state index in [1.54, 1.807) is 31.2 Å². The maximum atomic E-state index is 12.6. The van der Waals surface area contributed by atoms with Crippen molar-refractivity contribution in [2.75, 3.05) is 45.2 Å². The summed E-state index contributed by atoms with van der Waals surface area (Å²) in [5, 5.41) is 12.9. The lowest BCUT2D eigenvalue weighted by atomic mass is 9.72. The van der Waals surface area contributed by atoms with E-state index >= 15 is 0 Å². The minimum atomic E-state index is -0.273. The molecule has 1 atom stereocenters. The third kappa shape index (κ3) is 5.23. The largest absolute Gasteiger partial charge is 0.484 e. The molecule has 0 saturated carbocycles. The Kier molecular flexibility index (Phi) is 6.57. The molecule has 2 fully saturated rings. The molecule has 1 aromatic rings. The lowest BCUT2D eigenvalue weighted by Crippen LogP contribution is -2.53. The third-order valence-electron chi connectivity index (χ3n) is 5.77.